The lowest BCUT2D eigenvalue weighted by Crippen LogP contribution is -2.05. The number of carbonyl (C=O) groups is 1. The Labute approximate surface area is 136 Å². The minimum Gasteiger partial charge on any atom is -0.401 e. The average molecular weight is 323 g/mol. The zero-order valence-electron chi connectivity index (χ0n) is 12.7. The van der Waals surface area contributed by atoms with E-state index in [-0.39, 0.29) is 11.8 Å². The summed E-state index contributed by atoms with van der Waals surface area (Å²) >= 11 is 0. The van der Waals surface area contributed by atoms with Crippen molar-refractivity contribution in [3.8, 4) is 0 Å². The molecule has 1 amide bonds. The molecule has 0 bridgehead atoms. The summed E-state index contributed by atoms with van der Waals surface area (Å²) in [6, 6.07) is 12.0. The van der Waals surface area contributed by atoms with Crippen LogP contribution in [0.2, 0.25) is 0 Å². The number of benzene rings is 1. The predicted octanol–water partition coefficient (Wildman–Crippen LogP) is 3.86. The van der Waals surface area contributed by atoms with Gasteiger partial charge in [0.05, 0.1) is 17.3 Å². The number of nitrogens with one attached hydrogen (secondary N) is 1. The van der Waals surface area contributed by atoms with Crippen molar-refractivity contribution in [1.29, 1.82) is 0 Å². The average Bonchev–Trinajstić information content (AvgIpc) is 3.01. The maximum absolute atomic E-state index is 11.1. The fourth-order valence-corrected chi connectivity index (χ4v) is 2.21. The zero-order chi connectivity index (χ0) is 17.1. The summed E-state index contributed by atoms with van der Waals surface area (Å²) in [5.74, 6) is -0.0503. The molecule has 0 radical (unpaired) electrons. The second kappa shape index (κ2) is 6.33. The first-order valence-electron chi connectivity index (χ1n) is 7.12. The van der Waals surface area contributed by atoms with Gasteiger partial charge in [0.1, 0.15) is 10.7 Å². The molecule has 0 saturated heterocycles. The molecule has 0 atom stereocenters. The number of aromatic nitrogens is 1. The number of nitro groups is 1. The summed E-state index contributed by atoms with van der Waals surface area (Å²) in [6.07, 6.45) is 3.33. The third-order valence-electron chi connectivity index (χ3n) is 3.24. The summed E-state index contributed by atoms with van der Waals surface area (Å²) in [6.45, 7) is 1.45. The molecule has 0 saturated carbocycles. The highest BCUT2D eigenvalue weighted by molar-refractivity contribution is 5.92. The van der Waals surface area contributed by atoms with E-state index in [1.807, 2.05) is 24.3 Å². The topological polar surface area (TPSA) is 98.3 Å². The van der Waals surface area contributed by atoms with Gasteiger partial charge in [-0.15, -0.1) is 0 Å². The van der Waals surface area contributed by atoms with Crippen LogP contribution < -0.4 is 5.32 Å². The van der Waals surface area contributed by atoms with Crippen molar-refractivity contribution in [2.24, 2.45) is 0 Å². The molecule has 0 aliphatic heterocycles. The minimum atomic E-state index is -0.585. The highest BCUT2D eigenvalue weighted by atomic mass is 16.6. The number of carbonyl (C=O) groups excluding carboxylic acids is 1. The number of furan rings is 1. The summed E-state index contributed by atoms with van der Waals surface area (Å²) in [4.78, 5) is 25.6. The number of hydrogen-bond donors (Lipinski definition) is 1. The first-order chi connectivity index (χ1) is 11.5. The van der Waals surface area contributed by atoms with Crippen molar-refractivity contribution in [2.75, 3.05) is 5.32 Å². The molecule has 7 nitrogen and oxygen atoms in total. The van der Waals surface area contributed by atoms with Gasteiger partial charge in [-0.05, 0) is 42.5 Å². The van der Waals surface area contributed by atoms with E-state index in [1.54, 1.807) is 18.2 Å². The molecular weight excluding hydrogens is 310 g/mol. The maximum Gasteiger partial charge on any atom is 0.433 e. The molecule has 120 valence electrons. The van der Waals surface area contributed by atoms with Gasteiger partial charge >= 0.3 is 5.88 Å². The Morgan fingerprint density at radius 3 is 2.75 bits per heavy atom. The van der Waals surface area contributed by atoms with E-state index in [1.165, 1.54) is 19.1 Å². The molecule has 3 aromatic rings. The molecule has 0 spiro atoms. The summed E-state index contributed by atoms with van der Waals surface area (Å²) in [5, 5.41) is 14.2. The van der Waals surface area contributed by atoms with E-state index < -0.39 is 4.92 Å². The van der Waals surface area contributed by atoms with Gasteiger partial charge in [-0.2, -0.15) is 0 Å². The first-order valence-corrected chi connectivity index (χ1v) is 7.12. The molecular formula is C17H13N3O4. The van der Waals surface area contributed by atoms with Gasteiger partial charge in [0.2, 0.25) is 5.91 Å². The van der Waals surface area contributed by atoms with Crippen LogP contribution in [-0.2, 0) is 4.79 Å². The molecule has 3 rings (SSSR count). The molecule has 0 unspecified atom stereocenters. The van der Waals surface area contributed by atoms with Crippen LogP contribution in [0.1, 0.15) is 18.4 Å². The largest absolute Gasteiger partial charge is 0.433 e. The van der Waals surface area contributed by atoms with Crippen molar-refractivity contribution < 1.29 is 14.1 Å². The Balaban J connectivity index is 1.83. The number of nitrogens with zero attached hydrogens (tertiary/aromatic N) is 2. The van der Waals surface area contributed by atoms with Crippen LogP contribution >= 0.6 is 0 Å². The molecule has 7 heteroatoms. The number of anilines is 1. The quantitative estimate of drug-likeness (QED) is 0.580. The Bertz CT molecular complexity index is 959. The van der Waals surface area contributed by atoms with Crippen LogP contribution in [0.25, 0.3) is 23.1 Å². The van der Waals surface area contributed by atoms with Crippen LogP contribution in [0.15, 0.2) is 46.9 Å². The molecule has 2 heterocycles. The fourth-order valence-electron chi connectivity index (χ4n) is 2.21. The van der Waals surface area contributed by atoms with Gasteiger partial charge in [-0.3, -0.25) is 14.9 Å². The highest BCUT2D eigenvalue weighted by Crippen LogP contribution is 2.20. The van der Waals surface area contributed by atoms with Gasteiger partial charge < -0.3 is 9.73 Å². The summed E-state index contributed by atoms with van der Waals surface area (Å²) in [7, 11) is 0. The normalized spacial score (nSPS) is 11.0. The van der Waals surface area contributed by atoms with Crippen molar-refractivity contribution in [1.82, 2.24) is 4.98 Å². The van der Waals surface area contributed by atoms with Crippen molar-refractivity contribution in [3.63, 3.8) is 0 Å². The minimum absolute atomic E-state index is 0.130. The molecule has 1 aromatic carbocycles. The third-order valence-corrected chi connectivity index (χ3v) is 3.24. The van der Waals surface area contributed by atoms with E-state index in [9.17, 15) is 14.9 Å². The zero-order valence-corrected chi connectivity index (χ0v) is 12.7. The van der Waals surface area contributed by atoms with E-state index >= 15 is 0 Å². The van der Waals surface area contributed by atoms with Gasteiger partial charge in [-0.1, -0.05) is 6.07 Å². The van der Waals surface area contributed by atoms with Crippen LogP contribution in [0.5, 0.6) is 0 Å². The van der Waals surface area contributed by atoms with E-state index in [0.717, 1.165) is 10.9 Å². The molecule has 0 aliphatic rings. The molecule has 0 aliphatic carbocycles. The van der Waals surface area contributed by atoms with Gasteiger partial charge in [0, 0.05) is 18.0 Å². The number of pyridine rings is 1. The van der Waals surface area contributed by atoms with Crippen molar-refractivity contribution in [2.45, 2.75) is 6.92 Å². The second-order valence-corrected chi connectivity index (χ2v) is 5.09. The van der Waals surface area contributed by atoms with Crippen LogP contribution in [0.4, 0.5) is 11.6 Å². The van der Waals surface area contributed by atoms with Crippen LogP contribution in [0.3, 0.4) is 0 Å². The van der Waals surface area contributed by atoms with E-state index in [0.29, 0.717) is 17.1 Å². The number of amides is 1. The smallest absolute Gasteiger partial charge is 0.401 e. The highest BCUT2D eigenvalue weighted by Gasteiger charge is 2.09. The van der Waals surface area contributed by atoms with Gasteiger partial charge in [-0.25, -0.2) is 4.98 Å². The Kier molecular flexibility index (Phi) is 4.07. The van der Waals surface area contributed by atoms with Crippen molar-refractivity contribution in [3.05, 3.63) is 64.0 Å². The molecule has 24 heavy (non-hydrogen) atoms. The third kappa shape index (κ3) is 3.46. The molecule has 2 aromatic heterocycles. The van der Waals surface area contributed by atoms with E-state index in [4.69, 9.17) is 4.42 Å². The standard InChI is InChI=1S/C17H13N3O4/c1-11(21)18-14-5-8-16-12(10-14)2-3-13(19-16)4-6-15-7-9-17(24-15)20(22)23/h2-10H,1H3,(H,18,21). The molecule has 1 N–H and O–H groups in total. The Morgan fingerprint density at radius 1 is 1.21 bits per heavy atom. The predicted molar refractivity (Wildman–Crippen MR) is 90.3 cm³/mol. The summed E-state index contributed by atoms with van der Waals surface area (Å²) < 4.78 is 5.05. The SMILES string of the molecule is CC(=O)Nc1ccc2nc(C=Cc3ccc([N+](=O)[O-])o3)ccc2c1. The lowest BCUT2D eigenvalue weighted by atomic mass is 10.1. The van der Waals surface area contributed by atoms with Gasteiger partial charge in [0.15, 0.2) is 0 Å². The van der Waals surface area contributed by atoms with Crippen LogP contribution in [0, 0.1) is 10.1 Å². The lowest BCUT2D eigenvalue weighted by Gasteiger charge is -2.04. The summed E-state index contributed by atoms with van der Waals surface area (Å²) in [5.41, 5.74) is 2.17. The lowest BCUT2D eigenvalue weighted by molar-refractivity contribution is -0.402. The Morgan fingerprint density at radius 2 is 2.04 bits per heavy atom. The van der Waals surface area contributed by atoms with Gasteiger partial charge in [0.25, 0.3) is 0 Å². The molecule has 0 fully saturated rings. The fraction of sp³-hybridized carbons (Fsp3) is 0.0588. The maximum atomic E-state index is 11.1. The number of fused-ring (bicyclic) bond motifs is 1. The second-order valence-electron chi connectivity index (χ2n) is 5.09. The monoisotopic (exact) mass is 323 g/mol. The van der Waals surface area contributed by atoms with Crippen LogP contribution in [-0.4, -0.2) is 15.8 Å². The van der Waals surface area contributed by atoms with Crippen molar-refractivity contribution >= 4 is 40.5 Å². The Hall–Kier alpha value is -3.48. The first kappa shape index (κ1) is 15.4. The van der Waals surface area contributed by atoms with E-state index in [2.05, 4.69) is 10.3 Å². The number of hydrogen-bond acceptors (Lipinski definition) is 5. The number of rotatable bonds is 4.